The number of benzene rings is 2. The third kappa shape index (κ3) is 6.33. The highest BCUT2D eigenvalue weighted by molar-refractivity contribution is 5.79. The molecule has 0 bridgehead atoms. The van der Waals surface area contributed by atoms with Crippen molar-refractivity contribution in [3.05, 3.63) is 82.9 Å². The SMILES string of the molecule is N#CNC(=O)Cc1ccc(CNc2ncnc(N3CCCCC3c3ccc(C(F)(F)F)cc3)c2F)cc1. The minimum absolute atomic E-state index is 0.0132. The number of hydrogen-bond acceptors (Lipinski definition) is 6. The van der Waals surface area contributed by atoms with E-state index in [-0.39, 0.29) is 30.6 Å². The van der Waals surface area contributed by atoms with Crippen LogP contribution in [0.3, 0.4) is 0 Å². The van der Waals surface area contributed by atoms with Gasteiger partial charge in [-0.25, -0.2) is 9.97 Å². The zero-order valence-corrected chi connectivity index (χ0v) is 19.7. The molecular weight excluding hydrogens is 488 g/mol. The first-order valence-electron chi connectivity index (χ1n) is 11.7. The summed E-state index contributed by atoms with van der Waals surface area (Å²) in [5.74, 6) is -0.928. The molecule has 4 rings (SSSR count). The van der Waals surface area contributed by atoms with Gasteiger partial charge in [-0.3, -0.25) is 10.1 Å². The summed E-state index contributed by atoms with van der Waals surface area (Å²) in [4.78, 5) is 21.5. The number of hydrogen-bond donors (Lipinski definition) is 2. The van der Waals surface area contributed by atoms with Crippen molar-refractivity contribution in [2.45, 2.75) is 44.4 Å². The molecule has 1 amide bonds. The van der Waals surface area contributed by atoms with Gasteiger partial charge in [0, 0.05) is 13.1 Å². The number of rotatable bonds is 7. The van der Waals surface area contributed by atoms with Gasteiger partial charge in [-0.15, -0.1) is 0 Å². The molecule has 1 atom stereocenters. The van der Waals surface area contributed by atoms with Gasteiger partial charge in [-0.05, 0) is 48.1 Å². The second-order valence-electron chi connectivity index (χ2n) is 8.69. The predicted octanol–water partition coefficient (Wildman–Crippen LogP) is 5.12. The van der Waals surface area contributed by atoms with Crippen molar-refractivity contribution < 1.29 is 22.4 Å². The van der Waals surface area contributed by atoms with Gasteiger partial charge in [0.15, 0.2) is 17.8 Å². The molecule has 37 heavy (non-hydrogen) atoms. The molecule has 2 N–H and O–H groups in total. The highest BCUT2D eigenvalue weighted by atomic mass is 19.4. The number of nitrogens with one attached hydrogen (secondary N) is 2. The third-order valence-electron chi connectivity index (χ3n) is 6.21. The van der Waals surface area contributed by atoms with Gasteiger partial charge in [0.05, 0.1) is 18.0 Å². The molecule has 2 aromatic carbocycles. The lowest BCUT2D eigenvalue weighted by atomic mass is 9.94. The number of nitrogens with zero attached hydrogens (tertiary/aromatic N) is 4. The summed E-state index contributed by atoms with van der Waals surface area (Å²) >= 11 is 0. The van der Waals surface area contributed by atoms with Crippen molar-refractivity contribution in [2.75, 3.05) is 16.8 Å². The van der Waals surface area contributed by atoms with Gasteiger partial charge in [-0.2, -0.15) is 22.8 Å². The molecule has 0 spiro atoms. The number of piperidine rings is 1. The van der Waals surface area contributed by atoms with Crippen LogP contribution in [-0.2, 0) is 23.9 Å². The van der Waals surface area contributed by atoms with Gasteiger partial charge >= 0.3 is 6.18 Å². The summed E-state index contributed by atoms with van der Waals surface area (Å²) in [7, 11) is 0. The molecule has 0 radical (unpaired) electrons. The van der Waals surface area contributed by atoms with Crippen LogP contribution in [0.4, 0.5) is 29.2 Å². The highest BCUT2D eigenvalue weighted by Crippen LogP contribution is 2.37. The van der Waals surface area contributed by atoms with Crippen LogP contribution in [0.2, 0.25) is 0 Å². The van der Waals surface area contributed by atoms with Gasteiger partial charge in [0.1, 0.15) is 6.33 Å². The van der Waals surface area contributed by atoms with Crippen molar-refractivity contribution in [3.8, 4) is 6.19 Å². The fourth-order valence-corrected chi connectivity index (χ4v) is 4.36. The summed E-state index contributed by atoms with van der Waals surface area (Å²) in [6.45, 7) is 0.778. The summed E-state index contributed by atoms with van der Waals surface area (Å²) in [5, 5.41) is 13.5. The van der Waals surface area contributed by atoms with E-state index >= 15 is 4.39 Å². The Morgan fingerprint density at radius 1 is 1.05 bits per heavy atom. The fourth-order valence-electron chi connectivity index (χ4n) is 4.36. The molecule has 1 aromatic heterocycles. The Morgan fingerprint density at radius 3 is 2.43 bits per heavy atom. The molecule has 3 aromatic rings. The number of halogens is 4. The molecule has 11 heteroatoms. The van der Waals surface area contributed by atoms with Crippen LogP contribution in [0.5, 0.6) is 0 Å². The minimum atomic E-state index is -4.42. The van der Waals surface area contributed by atoms with Crippen molar-refractivity contribution in [2.24, 2.45) is 0 Å². The van der Waals surface area contributed by atoms with E-state index in [9.17, 15) is 18.0 Å². The Labute approximate surface area is 211 Å². The monoisotopic (exact) mass is 512 g/mol. The maximum atomic E-state index is 15.5. The van der Waals surface area contributed by atoms with Crippen LogP contribution in [0, 0.1) is 17.3 Å². The van der Waals surface area contributed by atoms with Gasteiger partial charge in [-0.1, -0.05) is 36.4 Å². The summed E-state index contributed by atoms with van der Waals surface area (Å²) in [6, 6.07) is 11.7. The molecule has 1 saturated heterocycles. The average Bonchev–Trinajstić information content (AvgIpc) is 2.89. The van der Waals surface area contributed by atoms with Crippen LogP contribution in [0.15, 0.2) is 54.9 Å². The molecule has 7 nitrogen and oxygen atoms in total. The van der Waals surface area contributed by atoms with E-state index in [0.29, 0.717) is 18.5 Å². The third-order valence-corrected chi connectivity index (χ3v) is 6.21. The Bertz CT molecular complexity index is 1270. The zero-order chi connectivity index (χ0) is 26.4. The number of amides is 1. The molecule has 1 unspecified atom stereocenters. The largest absolute Gasteiger partial charge is 0.416 e. The maximum absolute atomic E-state index is 15.5. The number of anilines is 2. The van der Waals surface area contributed by atoms with Crippen molar-refractivity contribution >= 4 is 17.5 Å². The lowest BCUT2D eigenvalue weighted by molar-refractivity contribution is -0.137. The van der Waals surface area contributed by atoms with Crippen molar-refractivity contribution in [1.29, 1.82) is 5.26 Å². The number of aromatic nitrogens is 2. The molecule has 0 saturated carbocycles. The first-order chi connectivity index (χ1) is 17.8. The maximum Gasteiger partial charge on any atom is 0.416 e. The second kappa shape index (κ2) is 11.2. The Balaban J connectivity index is 1.48. The Morgan fingerprint density at radius 2 is 1.76 bits per heavy atom. The molecule has 0 aliphatic carbocycles. The number of carbonyl (C=O) groups excluding carboxylic acids is 1. The predicted molar refractivity (Wildman–Crippen MR) is 129 cm³/mol. The normalized spacial score (nSPS) is 15.6. The van der Waals surface area contributed by atoms with Crippen molar-refractivity contribution in [3.63, 3.8) is 0 Å². The smallest absolute Gasteiger partial charge is 0.363 e. The van der Waals surface area contributed by atoms with Gasteiger partial charge in [0.2, 0.25) is 11.7 Å². The molecule has 2 heterocycles. The number of carbonyl (C=O) groups is 1. The molecule has 1 aliphatic rings. The van der Waals surface area contributed by atoms with Crippen LogP contribution < -0.4 is 15.5 Å². The summed E-state index contributed by atoms with van der Waals surface area (Å²) < 4.78 is 54.5. The standard InChI is InChI=1S/C26H24F4N6O/c27-23-24(32-14-18-6-4-17(5-7-18)13-22(37)33-15-31)34-16-35-25(23)36-12-2-1-3-21(36)19-8-10-20(11-9-19)26(28,29)30/h4-11,16,21H,1-3,12-14H2,(H,33,37)(H,32,34,35). The lowest BCUT2D eigenvalue weighted by Crippen LogP contribution is -2.35. The minimum Gasteiger partial charge on any atom is -0.363 e. The van der Waals surface area contributed by atoms with E-state index in [2.05, 4.69) is 20.6 Å². The first-order valence-corrected chi connectivity index (χ1v) is 11.7. The van der Waals surface area contributed by atoms with Gasteiger partial charge in [0.25, 0.3) is 0 Å². The van der Waals surface area contributed by atoms with E-state index in [1.165, 1.54) is 18.5 Å². The van der Waals surface area contributed by atoms with Crippen LogP contribution in [0.1, 0.15) is 47.6 Å². The van der Waals surface area contributed by atoms with E-state index < -0.39 is 23.5 Å². The molecule has 192 valence electrons. The quantitative estimate of drug-likeness (QED) is 0.259. The molecule has 1 fully saturated rings. The Hall–Kier alpha value is -4.20. The van der Waals surface area contributed by atoms with Crippen LogP contribution >= 0.6 is 0 Å². The highest BCUT2D eigenvalue weighted by Gasteiger charge is 2.32. The number of alkyl halides is 3. The summed E-state index contributed by atoms with van der Waals surface area (Å²) in [6.07, 6.45) is 0.839. The lowest BCUT2D eigenvalue weighted by Gasteiger charge is -2.37. The topological polar surface area (TPSA) is 93.9 Å². The van der Waals surface area contributed by atoms with E-state index in [4.69, 9.17) is 5.26 Å². The van der Waals surface area contributed by atoms with E-state index in [0.717, 1.165) is 36.1 Å². The van der Waals surface area contributed by atoms with E-state index in [1.807, 2.05) is 0 Å². The molecule has 1 aliphatic heterocycles. The van der Waals surface area contributed by atoms with E-state index in [1.54, 1.807) is 35.4 Å². The summed E-state index contributed by atoms with van der Waals surface area (Å²) in [5.41, 5.74) is 1.50. The molecular formula is C26H24F4N6O. The number of nitriles is 1. The Kier molecular flexibility index (Phi) is 7.86. The second-order valence-corrected chi connectivity index (χ2v) is 8.69. The average molecular weight is 513 g/mol. The van der Waals surface area contributed by atoms with Crippen molar-refractivity contribution in [1.82, 2.24) is 15.3 Å². The van der Waals surface area contributed by atoms with Crippen LogP contribution in [0.25, 0.3) is 0 Å². The fraction of sp³-hybridized carbons (Fsp3) is 0.308. The van der Waals surface area contributed by atoms with Gasteiger partial charge < -0.3 is 10.2 Å². The van der Waals surface area contributed by atoms with Crippen LogP contribution in [-0.4, -0.2) is 22.4 Å². The zero-order valence-electron chi connectivity index (χ0n) is 19.7. The first kappa shape index (κ1) is 25.9.